The van der Waals surface area contributed by atoms with Gasteiger partial charge in [-0.25, -0.2) is 0 Å². The summed E-state index contributed by atoms with van der Waals surface area (Å²) in [6.07, 6.45) is 0. The molecule has 0 unspecified atom stereocenters. The lowest BCUT2D eigenvalue weighted by Crippen LogP contribution is -2.14. The minimum Gasteiger partial charge on any atom is -0.384 e. The van der Waals surface area contributed by atoms with Crippen LogP contribution in [-0.4, -0.2) is 17.6 Å². The predicted molar refractivity (Wildman–Crippen MR) is 79.5 cm³/mol. The molecule has 3 heteroatoms. The summed E-state index contributed by atoms with van der Waals surface area (Å²) in [4.78, 5) is 12.3. The third-order valence-electron chi connectivity index (χ3n) is 2.87. The van der Waals surface area contributed by atoms with Crippen LogP contribution in [-0.2, 0) is 0 Å². The van der Waals surface area contributed by atoms with Crippen LogP contribution in [0.3, 0.4) is 0 Å². The molecule has 0 radical (unpaired) electrons. The van der Waals surface area contributed by atoms with Crippen molar-refractivity contribution >= 4 is 11.6 Å². The Morgan fingerprint density at radius 2 is 1.85 bits per heavy atom. The molecule has 20 heavy (non-hydrogen) atoms. The van der Waals surface area contributed by atoms with Gasteiger partial charge in [-0.2, -0.15) is 0 Å². The van der Waals surface area contributed by atoms with E-state index in [9.17, 15) is 4.79 Å². The number of aryl methyl sites for hydroxylation is 1. The molecule has 0 aliphatic carbocycles. The second-order valence-electron chi connectivity index (χ2n) is 4.27. The van der Waals surface area contributed by atoms with E-state index in [0.717, 1.165) is 11.3 Å². The summed E-state index contributed by atoms with van der Waals surface area (Å²) in [7, 11) is 0. The van der Waals surface area contributed by atoms with Crippen LogP contribution in [0.2, 0.25) is 0 Å². The van der Waals surface area contributed by atoms with Crippen molar-refractivity contribution in [1.29, 1.82) is 0 Å². The molecular formula is C17H15NO2. The number of rotatable bonds is 2. The van der Waals surface area contributed by atoms with Gasteiger partial charge in [0, 0.05) is 11.3 Å². The van der Waals surface area contributed by atoms with E-state index in [4.69, 9.17) is 5.11 Å². The lowest BCUT2D eigenvalue weighted by molar-refractivity contribution is 0.102. The van der Waals surface area contributed by atoms with Gasteiger partial charge in [-0.3, -0.25) is 4.79 Å². The fraction of sp³-hybridized carbons (Fsp3) is 0.118. The van der Waals surface area contributed by atoms with Crippen molar-refractivity contribution in [2.24, 2.45) is 0 Å². The Balaban J connectivity index is 2.28. The van der Waals surface area contributed by atoms with Crippen molar-refractivity contribution in [3.63, 3.8) is 0 Å². The molecule has 2 aromatic carbocycles. The first kappa shape index (κ1) is 13.9. The molecule has 0 atom stereocenters. The normalized spacial score (nSPS) is 9.50. The van der Waals surface area contributed by atoms with E-state index in [1.54, 1.807) is 18.2 Å². The zero-order chi connectivity index (χ0) is 14.4. The highest BCUT2D eigenvalue weighted by molar-refractivity contribution is 6.06. The summed E-state index contributed by atoms with van der Waals surface area (Å²) >= 11 is 0. The van der Waals surface area contributed by atoms with E-state index >= 15 is 0 Å². The Hall–Kier alpha value is -2.57. The molecule has 0 saturated heterocycles. The summed E-state index contributed by atoms with van der Waals surface area (Å²) in [6.45, 7) is 1.71. The smallest absolute Gasteiger partial charge is 0.256 e. The van der Waals surface area contributed by atoms with Crippen LogP contribution in [0, 0.1) is 18.8 Å². The van der Waals surface area contributed by atoms with Crippen LogP contribution in [0.15, 0.2) is 48.5 Å². The Labute approximate surface area is 118 Å². The molecule has 0 heterocycles. The fourth-order valence-corrected chi connectivity index (χ4v) is 1.83. The third-order valence-corrected chi connectivity index (χ3v) is 2.87. The standard InChI is InChI=1S/C17H15NO2/c1-13-7-2-5-11-16(13)18-17(20)15-10-4-3-8-14(15)9-6-12-19/h2-5,7-8,10-11,19H,12H2,1H3,(H,18,20). The molecule has 0 spiro atoms. The van der Waals surface area contributed by atoms with Crippen LogP contribution in [0.1, 0.15) is 21.5 Å². The van der Waals surface area contributed by atoms with Crippen molar-refractivity contribution in [2.75, 3.05) is 11.9 Å². The van der Waals surface area contributed by atoms with Crippen molar-refractivity contribution in [3.8, 4) is 11.8 Å². The number of anilines is 1. The van der Waals surface area contributed by atoms with E-state index in [1.807, 2.05) is 37.3 Å². The molecule has 0 saturated carbocycles. The summed E-state index contributed by atoms with van der Waals surface area (Å²) in [5.41, 5.74) is 2.88. The Bertz CT molecular complexity index is 681. The van der Waals surface area contributed by atoms with Gasteiger partial charge in [-0.05, 0) is 30.7 Å². The average molecular weight is 265 g/mol. The maximum Gasteiger partial charge on any atom is 0.256 e. The van der Waals surface area contributed by atoms with Gasteiger partial charge in [-0.15, -0.1) is 0 Å². The third kappa shape index (κ3) is 3.25. The van der Waals surface area contributed by atoms with Crippen molar-refractivity contribution in [1.82, 2.24) is 0 Å². The van der Waals surface area contributed by atoms with E-state index in [1.165, 1.54) is 0 Å². The van der Waals surface area contributed by atoms with Gasteiger partial charge in [0.2, 0.25) is 0 Å². The predicted octanol–water partition coefficient (Wildman–Crippen LogP) is 2.59. The minimum atomic E-state index is -0.228. The summed E-state index contributed by atoms with van der Waals surface area (Å²) < 4.78 is 0. The number of amides is 1. The van der Waals surface area contributed by atoms with Crippen molar-refractivity contribution < 1.29 is 9.90 Å². The first-order valence-electron chi connectivity index (χ1n) is 6.28. The number of carbonyl (C=O) groups is 1. The van der Waals surface area contributed by atoms with Crippen LogP contribution >= 0.6 is 0 Å². The molecule has 0 fully saturated rings. The molecule has 0 aliphatic heterocycles. The molecule has 0 aliphatic rings. The first-order chi connectivity index (χ1) is 9.72. The first-order valence-corrected chi connectivity index (χ1v) is 6.28. The maximum absolute atomic E-state index is 12.3. The van der Waals surface area contributed by atoms with Gasteiger partial charge < -0.3 is 10.4 Å². The SMILES string of the molecule is Cc1ccccc1NC(=O)c1ccccc1C#CCO. The quantitative estimate of drug-likeness (QED) is 0.820. The van der Waals surface area contributed by atoms with Gasteiger partial charge in [0.15, 0.2) is 0 Å². The number of benzene rings is 2. The molecule has 0 bridgehead atoms. The van der Waals surface area contributed by atoms with Gasteiger partial charge in [0.25, 0.3) is 5.91 Å². The van der Waals surface area contributed by atoms with E-state index in [2.05, 4.69) is 17.2 Å². The number of hydrogen-bond donors (Lipinski definition) is 2. The largest absolute Gasteiger partial charge is 0.384 e. The highest BCUT2D eigenvalue weighted by atomic mass is 16.2. The molecule has 2 rings (SSSR count). The molecule has 3 nitrogen and oxygen atoms in total. The van der Waals surface area contributed by atoms with Gasteiger partial charge in [0.05, 0.1) is 5.56 Å². The number of aliphatic hydroxyl groups is 1. The monoisotopic (exact) mass is 265 g/mol. The highest BCUT2D eigenvalue weighted by Crippen LogP contribution is 2.16. The van der Waals surface area contributed by atoms with E-state index < -0.39 is 0 Å². The number of hydrogen-bond acceptors (Lipinski definition) is 2. The summed E-state index contributed by atoms with van der Waals surface area (Å²) in [5, 5.41) is 11.6. The number of nitrogens with one attached hydrogen (secondary N) is 1. The minimum absolute atomic E-state index is 0.206. The lowest BCUT2D eigenvalue weighted by atomic mass is 10.1. The molecule has 0 aromatic heterocycles. The zero-order valence-corrected chi connectivity index (χ0v) is 11.2. The average Bonchev–Trinajstić information content (AvgIpc) is 2.47. The second kappa shape index (κ2) is 6.55. The molecule has 2 N–H and O–H groups in total. The Morgan fingerprint density at radius 3 is 2.60 bits per heavy atom. The Morgan fingerprint density at radius 1 is 1.15 bits per heavy atom. The van der Waals surface area contributed by atoms with Gasteiger partial charge in [0.1, 0.15) is 6.61 Å². The number of para-hydroxylation sites is 1. The summed E-state index contributed by atoms with van der Waals surface area (Å²) in [5.74, 6) is 5.14. The van der Waals surface area contributed by atoms with E-state index in [0.29, 0.717) is 11.1 Å². The Kier molecular flexibility index (Phi) is 4.54. The van der Waals surface area contributed by atoms with Crippen molar-refractivity contribution in [3.05, 3.63) is 65.2 Å². The fourth-order valence-electron chi connectivity index (χ4n) is 1.83. The van der Waals surface area contributed by atoms with Gasteiger partial charge >= 0.3 is 0 Å². The van der Waals surface area contributed by atoms with Crippen LogP contribution in [0.5, 0.6) is 0 Å². The molecule has 100 valence electrons. The maximum atomic E-state index is 12.3. The topological polar surface area (TPSA) is 49.3 Å². The number of carbonyl (C=O) groups excluding carboxylic acids is 1. The zero-order valence-electron chi connectivity index (χ0n) is 11.2. The number of aliphatic hydroxyl groups excluding tert-OH is 1. The molecule has 1 amide bonds. The van der Waals surface area contributed by atoms with Crippen LogP contribution < -0.4 is 5.32 Å². The molecular weight excluding hydrogens is 250 g/mol. The summed E-state index contributed by atoms with van der Waals surface area (Å²) in [6, 6.07) is 14.7. The lowest BCUT2D eigenvalue weighted by Gasteiger charge is -2.09. The van der Waals surface area contributed by atoms with E-state index in [-0.39, 0.29) is 12.5 Å². The second-order valence-corrected chi connectivity index (χ2v) is 4.27. The van der Waals surface area contributed by atoms with Crippen LogP contribution in [0.25, 0.3) is 0 Å². The molecule has 2 aromatic rings. The van der Waals surface area contributed by atoms with Gasteiger partial charge in [-0.1, -0.05) is 42.2 Å². The van der Waals surface area contributed by atoms with Crippen LogP contribution in [0.4, 0.5) is 5.69 Å². The highest BCUT2D eigenvalue weighted by Gasteiger charge is 2.10. The van der Waals surface area contributed by atoms with Crippen molar-refractivity contribution in [2.45, 2.75) is 6.92 Å².